The maximum Gasteiger partial charge on any atom is 0.176 e. The van der Waals surface area contributed by atoms with E-state index >= 15 is 0 Å². The molecule has 0 bridgehead atoms. The van der Waals surface area contributed by atoms with Crippen molar-refractivity contribution in [3.63, 3.8) is 0 Å². The summed E-state index contributed by atoms with van der Waals surface area (Å²) in [6.07, 6.45) is -0.598. The molecule has 104 valence electrons. The van der Waals surface area contributed by atoms with Gasteiger partial charge >= 0.3 is 0 Å². The molecule has 2 rings (SSSR count). The van der Waals surface area contributed by atoms with E-state index < -0.39 is 6.10 Å². The molecule has 3 heteroatoms. The van der Waals surface area contributed by atoms with E-state index in [1.54, 1.807) is 12.1 Å². The predicted molar refractivity (Wildman–Crippen MR) is 79.8 cm³/mol. The molecule has 0 aliphatic carbocycles. The first-order chi connectivity index (χ1) is 9.66. The Hall–Kier alpha value is -1.97. The highest BCUT2D eigenvalue weighted by atomic mass is 16.3. The normalized spacial score (nSPS) is 12.1. The van der Waals surface area contributed by atoms with E-state index in [4.69, 9.17) is 0 Å². The fourth-order valence-corrected chi connectivity index (χ4v) is 1.95. The van der Waals surface area contributed by atoms with Crippen molar-refractivity contribution in [3.05, 3.63) is 71.3 Å². The fraction of sp³-hybridized carbons (Fsp3) is 0.235. The van der Waals surface area contributed by atoms with Gasteiger partial charge in [-0.25, -0.2) is 0 Å². The van der Waals surface area contributed by atoms with Gasteiger partial charge in [-0.15, -0.1) is 0 Å². The average Bonchev–Trinajstić information content (AvgIpc) is 2.48. The van der Waals surface area contributed by atoms with E-state index in [1.165, 1.54) is 0 Å². The largest absolute Gasteiger partial charge is 0.387 e. The molecule has 2 N–H and O–H groups in total. The van der Waals surface area contributed by atoms with Gasteiger partial charge < -0.3 is 10.4 Å². The Kier molecular flexibility index (Phi) is 5.04. The molecule has 0 saturated carbocycles. The number of Topliss-reactive ketones (excluding diaryl/α,β-unsaturated/α-hetero) is 1. The average molecular weight is 269 g/mol. The van der Waals surface area contributed by atoms with Gasteiger partial charge in [-0.05, 0) is 12.5 Å². The second-order valence-corrected chi connectivity index (χ2v) is 4.85. The number of hydrogen-bond donors (Lipinski definition) is 2. The zero-order chi connectivity index (χ0) is 14.4. The molecule has 0 aliphatic heterocycles. The van der Waals surface area contributed by atoms with Crippen molar-refractivity contribution in [1.82, 2.24) is 5.32 Å². The highest BCUT2D eigenvalue weighted by Gasteiger charge is 2.09. The quantitative estimate of drug-likeness (QED) is 0.792. The molecular weight excluding hydrogens is 250 g/mol. The molecule has 0 aromatic heterocycles. The zero-order valence-corrected chi connectivity index (χ0v) is 11.5. The highest BCUT2D eigenvalue weighted by molar-refractivity contribution is 5.97. The van der Waals surface area contributed by atoms with Gasteiger partial charge in [0, 0.05) is 12.1 Å². The van der Waals surface area contributed by atoms with Crippen LogP contribution in [0.25, 0.3) is 0 Å². The van der Waals surface area contributed by atoms with Gasteiger partial charge in [-0.1, -0.05) is 60.2 Å². The number of ketones is 1. The second-order valence-electron chi connectivity index (χ2n) is 4.85. The first-order valence-corrected chi connectivity index (χ1v) is 6.70. The number of hydrogen-bond acceptors (Lipinski definition) is 3. The van der Waals surface area contributed by atoms with Crippen LogP contribution in [-0.4, -0.2) is 24.0 Å². The van der Waals surface area contributed by atoms with E-state index in [-0.39, 0.29) is 12.3 Å². The lowest BCUT2D eigenvalue weighted by Crippen LogP contribution is -2.27. The summed E-state index contributed by atoms with van der Waals surface area (Å²) in [4.78, 5) is 11.9. The van der Waals surface area contributed by atoms with Gasteiger partial charge in [0.2, 0.25) is 0 Å². The lowest BCUT2D eigenvalue weighted by atomic mass is 10.1. The van der Waals surface area contributed by atoms with Crippen LogP contribution in [0, 0.1) is 6.92 Å². The van der Waals surface area contributed by atoms with Crippen molar-refractivity contribution < 1.29 is 9.90 Å². The maximum atomic E-state index is 11.9. The van der Waals surface area contributed by atoms with Gasteiger partial charge in [0.1, 0.15) is 0 Å². The summed E-state index contributed by atoms with van der Waals surface area (Å²) in [5, 5.41) is 13.0. The number of carbonyl (C=O) groups is 1. The van der Waals surface area contributed by atoms with Crippen molar-refractivity contribution in [1.29, 1.82) is 0 Å². The summed E-state index contributed by atoms with van der Waals surface area (Å²) >= 11 is 0. The van der Waals surface area contributed by atoms with Crippen LogP contribution >= 0.6 is 0 Å². The van der Waals surface area contributed by atoms with Crippen molar-refractivity contribution in [2.45, 2.75) is 13.0 Å². The van der Waals surface area contributed by atoms with Crippen LogP contribution in [0.5, 0.6) is 0 Å². The van der Waals surface area contributed by atoms with Crippen LogP contribution in [0.1, 0.15) is 27.6 Å². The SMILES string of the molecule is Cc1ccc([C@@H](O)CNCC(=O)c2ccccc2)cc1. The third-order valence-electron chi connectivity index (χ3n) is 3.18. The summed E-state index contributed by atoms with van der Waals surface area (Å²) in [5.41, 5.74) is 2.70. The molecule has 0 aliphatic rings. The third-order valence-corrected chi connectivity index (χ3v) is 3.18. The Bertz CT molecular complexity index is 549. The Morgan fingerprint density at radius 1 is 1.10 bits per heavy atom. The second kappa shape index (κ2) is 6.98. The third kappa shape index (κ3) is 4.02. The highest BCUT2D eigenvalue weighted by Crippen LogP contribution is 2.12. The predicted octanol–water partition coefficient (Wildman–Crippen LogP) is 2.50. The number of rotatable bonds is 6. The van der Waals surface area contributed by atoms with E-state index in [2.05, 4.69) is 5.32 Å². The molecule has 2 aromatic rings. The van der Waals surface area contributed by atoms with Gasteiger partial charge in [-0.2, -0.15) is 0 Å². The number of aliphatic hydroxyl groups excluding tert-OH is 1. The number of aryl methyl sites for hydroxylation is 1. The topological polar surface area (TPSA) is 49.3 Å². The summed E-state index contributed by atoms with van der Waals surface area (Å²) in [5.74, 6) is 0.0294. The van der Waals surface area contributed by atoms with Gasteiger partial charge in [-0.3, -0.25) is 4.79 Å². The van der Waals surface area contributed by atoms with Gasteiger partial charge in [0.05, 0.1) is 12.6 Å². The number of nitrogens with one attached hydrogen (secondary N) is 1. The van der Waals surface area contributed by atoms with E-state index in [0.717, 1.165) is 11.1 Å². The molecule has 0 amide bonds. The first-order valence-electron chi connectivity index (χ1n) is 6.70. The van der Waals surface area contributed by atoms with E-state index in [9.17, 15) is 9.90 Å². The smallest absolute Gasteiger partial charge is 0.176 e. The van der Waals surface area contributed by atoms with E-state index in [0.29, 0.717) is 12.1 Å². The Labute approximate surface area is 119 Å². The van der Waals surface area contributed by atoms with Crippen LogP contribution in [0.3, 0.4) is 0 Å². The monoisotopic (exact) mass is 269 g/mol. The maximum absolute atomic E-state index is 11.9. The number of aliphatic hydroxyl groups is 1. The minimum atomic E-state index is -0.598. The minimum Gasteiger partial charge on any atom is -0.387 e. The summed E-state index contributed by atoms with van der Waals surface area (Å²) < 4.78 is 0. The van der Waals surface area contributed by atoms with Gasteiger partial charge in [0.15, 0.2) is 5.78 Å². The zero-order valence-electron chi connectivity index (χ0n) is 11.5. The van der Waals surface area contributed by atoms with Crippen molar-refractivity contribution in [2.75, 3.05) is 13.1 Å². The van der Waals surface area contributed by atoms with Gasteiger partial charge in [0.25, 0.3) is 0 Å². The Morgan fingerprint density at radius 3 is 2.40 bits per heavy atom. The van der Waals surface area contributed by atoms with Crippen LogP contribution in [-0.2, 0) is 0 Å². The molecule has 1 atom stereocenters. The van der Waals surface area contributed by atoms with Crippen LogP contribution < -0.4 is 5.32 Å². The molecule has 3 nitrogen and oxygen atoms in total. The van der Waals surface area contributed by atoms with Crippen molar-refractivity contribution in [3.8, 4) is 0 Å². The summed E-state index contributed by atoms with van der Waals surface area (Å²) in [6, 6.07) is 16.9. The standard InChI is InChI=1S/C17H19NO2/c1-13-7-9-15(10-8-13)17(20)12-18-11-16(19)14-5-3-2-4-6-14/h2-10,17-18,20H,11-12H2,1H3/t17-/m0/s1. The number of benzene rings is 2. The van der Waals surface area contributed by atoms with E-state index in [1.807, 2.05) is 49.4 Å². The van der Waals surface area contributed by atoms with Crippen LogP contribution in [0.15, 0.2) is 54.6 Å². The summed E-state index contributed by atoms with van der Waals surface area (Å²) in [7, 11) is 0. The molecule has 0 fully saturated rings. The van der Waals surface area contributed by atoms with Crippen LogP contribution in [0.4, 0.5) is 0 Å². The Morgan fingerprint density at radius 2 is 1.75 bits per heavy atom. The molecule has 0 heterocycles. The molecule has 0 saturated heterocycles. The van der Waals surface area contributed by atoms with Crippen LogP contribution in [0.2, 0.25) is 0 Å². The molecular formula is C17H19NO2. The van der Waals surface area contributed by atoms with Crippen molar-refractivity contribution >= 4 is 5.78 Å². The van der Waals surface area contributed by atoms with Crippen molar-refractivity contribution in [2.24, 2.45) is 0 Å². The minimum absolute atomic E-state index is 0.0294. The summed E-state index contributed by atoms with van der Waals surface area (Å²) in [6.45, 7) is 2.60. The molecule has 0 radical (unpaired) electrons. The lowest BCUT2D eigenvalue weighted by molar-refractivity contribution is 0.0983. The lowest BCUT2D eigenvalue weighted by Gasteiger charge is -2.12. The Balaban J connectivity index is 1.81. The number of carbonyl (C=O) groups excluding carboxylic acids is 1. The molecule has 2 aromatic carbocycles. The first kappa shape index (κ1) is 14.4. The fourth-order valence-electron chi connectivity index (χ4n) is 1.95. The molecule has 20 heavy (non-hydrogen) atoms. The molecule has 0 unspecified atom stereocenters. The molecule has 0 spiro atoms.